The number of rotatable bonds is 4. The van der Waals surface area contributed by atoms with E-state index < -0.39 is 0 Å². The molecule has 0 atom stereocenters. The van der Waals surface area contributed by atoms with Gasteiger partial charge in [-0.2, -0.15) is 0 Å². The summed E-state index contributed by atoms with van der Waals surface area (Å²) in [6.45, 7) is 0. The number of aryl methyl sites for hydroxylation is 1. The van der Waals surface area contributed by atoms with E-state index in [9.17, 15) is 4.79 Å². The molecule has 0 aliphatic rings. The van der Waals surface area contributed by atoms with Crippen LogP contribution < -0.4 is 5.32 Å². The van der Waals surface area contributed by atoms with Crippen LogP contribution in [0.2, 0.25) is 5.02 Å². The van der Waals surface area contributed by atoms with Crippen molar-refractivity contribution in [2.24, 2.45) is 7.05 Å². The zero-order chi connectivity index (χ0) is 18.8. The third kappa shape index (κ3) is 3.60. The van der Waals surface area contributed by atoms with E-state index in [1.807, 2.05) is 29.6 Å². The highest BCUT2D eigenvalue weighted by Gasteiger charge is 2.12. The number of imidazole rings is 1. The normalized spacial score (nSPS) is 10.7. The number of benzene rings is 1. The quantitative estimate of drug-likeness (QED) is 0.551. The second-order valence-corrected chi connectivity index (χ2v) is 7.11. The summed E-state index contributed by atoms with van der Waals surface area (Å²) in [5.41, 5.74) is 3.18. The molecule has 0 radical (unpaired) electrons. The van der Waals surface area contributed by atoms with Crippen LogP contribution in [0, 0.1) is 0 Å². The number of halogens is 1. The molecule has 1 N–H and O–H groups in total. The van der Waals surface area contributed by atoms with E-state index in [2.05, 4.69) is 20.3 Å². The molecule has 27 heavy (non-hydrogen) atoms. The lowest BCUT2D eigenvalue weighted by Crippen LogP contribution is -2.16. The lowest BCUT2D eigenvalue weighted by atomic mass is 10.0. The van der Waals surface area contributed by atoms with Gasteiger partial charge in [-0.05, 0) is 24.3 Å². The summed E-state index contributed by atoms with van der Waals surface area (Å²) >= 11 is 7.95. The van der Waals surface area contributed by atoms with Gasteiger partial charge in [0.05, 0.1) is 12.5 Å². The number of thiazole rings is 1. The second kappa shape index (κ2) is 7.30. The van der Waals surface area contributed by atoms with Gasteiger partial charge in [-0.3, -0.25) is 4.79 Å². The van der Waals surface area contributed by atoms with E-state index in [-0.39, 0.29) is 5.91 Å². The van der Waals surface area contributed by atoms with Crippen LogP contribution in [0.25, 0.3) is 21.7 Å². The van der Waals surface area contributed by atoms with Gasteiger partial charge in [0.15, 0.2) is 0 Å². The van der Waals surface area contributed by atoms with Crippen molar-refractivity contribution in [3.63, 3.8) is 0 Å². The van der Waals surface area contributed by atoms with Gasteiger partial charge in [-0.15, -0.1) is 11.3 Å². The molecule has 8 heteroatoms. The predicted octanol–water partition coefficient (Wildman–Crippen LogP) is 4.51. The molecule has 0 aliphatic carbocycles. The first-order valence-corrected chi connectivity index (χ1v) is 9.31. The lowest BCUT2D eigenvalue weighted by Gasteiger charge is -2.08. The largest absolute Gasteiger partial charge is 0.330 e. The van der Waals surface area contributed by atoms with E-state index in [0.717, 1.165) is 21.7 Å². The molecular weight excluding hydrogens is 382 g/mol. The van der Waals surface area contributed by atoms with Crippen LogP contribution >= 0.6 is 22.9 Å². The molecular formula is C19H14ClN5OS. The maximum atomic E-state index is 12.2. The number of nitrogens with zero attached hydrogens (tertiary/aromatic N) is 4. The Balaban J connectivity index is 1.58. The SMILES string of the molecule is Cn1cncc1C(=O)Nc1ccc(-c2cc(-c3nccs3)ccc2Cl)cn1. The number of nitrogens with one attached hydrogen (secondary N) is 1. The molecule has 1 amide bonds. The van der Waals surface area contributed by atoms with Crippen molar-refractivity contribution in [1.29, 1.82) is 0 Å². The van der Waals surface area contributed by atoms with Crippen LogP contribution in [-0.2, 0) is 7.05 Å². The van der Waals surface area contributed by atoms with Crippen LogP contribution in [0.4, 0.5) is 5.82 Å². The van der Waals surface area contributed by atoms with Crippen molar-refractivity contribution < 1.29 is 4.79 Å². The summed E-state index contributed by atoms with van der Waals surface area (Å²) < 4.78 is 1.65. The molecule has 134 valence electrons. The van der Waals surface area contributed by atoms with Gasteiger partial charge in [0.1, 0.15) is 16.5 Å². The Kier molecular flexibility index (Phi) is 4.70. The minimum Gasteiger partial charge on any atom is -0.330 e. The number of aromatic nitrogens is 4. The van der Waals surface area contributed by atoms with E-state index >= 15 is 0 Å². The van der Waals surface area contributed by atoms with Crippen LogP contribution in [0.3, 0.4) is 0 Å². The Bertz CT molecular complexity index is 1090. The smallest absolute Gasteiger partial charge is 0.275 e. The summed E-state index contributed by atoms with van der Waals surface area (Å²) in [5, 5.41) is 6.26. The second-order valence-electron chi connectivity index (χ2n) is 5.81. The number of carbonyl (C=O) groups is 1. The highest BCUT2D eigenvalue weighted by Crippen LogP contribution is 2.33. The Morgan fingerprint density at radius 1 is 1.15 bits per heavy atom. The topological polar surface area (TPSA) is 72.7 Å². The number of hydrogen-bond donors (Lipinski definition) is 1. The zero-order valence-corrected chi connectivity index (χ0v) is 15.8. The Labute approximate surface area is 164 Å². The Hall–Kier alpha value is -3.03. The highest BCUT2D eigenvalue weighted by molar-refractivity contribution is 7.13. The molecule has 0 unspecified atom stereocenters. The summed E-state index contributed by atoms with van der Waals surface area (Å²) in [5.74, 6) is 0.191. The van der Waals surface area contributed by atoms with Gasteiger partial charge >= 0.3 is 0 Å². The molecule has 0 spiro atoms. The fraction of sp³-hybridized carbons (Fsp3) is 0.0526. The van der Waals surface area contributed by atoms with E-state index in [0.29, 0.717) is 16.5 Å². The van der Waals surface area contributed by atoms with Crippen molar-refractivity contribution >= 4 is 34.7 Å². The Morgan fingerprint density at radius 2 is 2.00 bits per heavy atom. The first kappa shape index (κ1) is 17.4. The molecule has 0 saturated heterocycles. The average molecular weight is 396 g/mol. The molecule has 0 bridgehead atoms. The standard InChI is InChI=1S/C19H14ClN5OS/c1-25-11-21-10-16(25)18(26)24-17-5-3-13(9-23-17)14-8-12(2-4-15(14)20)19-22-6-7-27-19/h2-11H,1H3,(H,23,24,26). The first-order chi connectivity index (χ1) is 13.1. The van der Waals surface area contributed by atoms with E-state index in [1.54, 1.807) is 47.7 Å². The number of hydrogen-bond acceptors (Lipinski definition) is 5. The fourth-order valence-corrected chi connectivity index (χ4v) is 3.49. The van der Waals surface area contributed by atoms with Gasteiger partial charge < -0.3 is 9.88 Å². The van der Waals surface area contributed by atoms with Crippen LogP contribution in [-0.4, -0.2) is 25.4 Å². The van der Waals surface area contributed by atoms with Crippen molar-refractivity contribution in [2.45, 2.75) is 0 Å². The molecule has 0 saturated carbocycles. The first-order valence-electron chi connectivity index (χ1n) is 8.05. The van der Waals surface area contributed by atoms with Gasteiger partial charge in [-0.1, -0.05) is 17.7 Å². The molecule has 3 aromatic heterocycles. The Morgan fingerprint density at radius 3 is 2.67 bits per heavy atom. The number of pyridine rings is 1. The lowest BCUT2D eigenvalue weighted by molar-refractivity contribution is 0.101. The fourth-order valence-electron chi connectivity index (χ4n) is 2.63. The summed E-state index contributed by atoms with van der Waals surface area (Å²) in [7, 11) is 1.76. The van der Waals surface area contributed by atoms with Crippen molar-refractivity contribution in [3.8, 4) is 21.7 Å². The maximum Gasteiger partial charge on any atom is 0.275 e. The van der Waals surface area contributed by atoms with Gasteiger partial charge in [0.2, 0.25) is 0 Å². The minimum absolute atomic E-state index is 0.265. The maximum absolute atomic E-state index is 12.2. The molecule has 4 rings (SSSR count). The third-order valence-electron chi connectivity index (χ3n) is 4.01. The zero-order valence-electron chi connectivity index (χ0n) is 14.3. The molecule has 4 aromatic rings. The minimum atomic E-state index is -0.265. The third-order valence-corrected chi connectivity index (χ3v) is 5.16. The van der Waals surface area contributed by atoms with Crippen molar-refractivity contribution in [2.75, 3.05) is 5.32 Å². The van der Waals surface area contributed by atoms with Gasteiger partial charge in [-0.25, -0.2) is 15.0 Å². The van der Waals surface area contributed by atoms with Crippen LogP contribution in [0.15, 0.2) is 60.6 Å². The monoisotopic (exact) mass is 395 g/mol. The van der Waals surface area contributed by atoms with E-state index in [1.165, 1.54) is 6.20 Å². The number of carbonyl (C=O) groups excluding carboxylic acids is 1. The summed E-state index contributed by atoms with van der Waals surface area (Å²) in [4.78, 5) is 24.9. The van der Waals surface area contributed by atoms with Crippen LogP contribution in [0.1, 0.15) is 10.5 Å². The van der Waals surface area contributed by atoms with E-state index in [4.69, 9.17) is 11.6 Å². The summed E-state index contributed by atoms with van der Waals surface area (Å²) in [6.07, 6.45) is 6.54. The average Bonchev–Trinajstić information content (AvgIpc) is 3.35. The van der Waals surface area contributed by atoms with Gasteiger partial charge in [0, 0.05) is 46.5 Å². The number of amides is 1. The predicted molar refractivity (Wildman–Crippen MR) is 107 cm³/mol. The highest BCUT2D eigenvalue weighted by atomic mass is 35.5. The molecule has 0 aliphatic heterocycles. The molecule has 6 nitrogen and oxygen atoms in total. The molecule has 0 fully saturated rings. The van der Waals surface area contributed by atoms with Crippen molar-refractivity contribution in [3.05, 3.63) is 71.3 Å². The van der Waals surface area contributed by atoms with Crippen LogP contribution in [0.5, 0.6) is 0 Å². The van der Waals surface area contributed by atoms with Crippen molar-refractivity contribution in [1.82, 2.24) is 19.5 Å². The summed E-state index contributed by atoms with van der Waals surface area (Å²) in [6, 6.07) is 9.41. The molecule has 1 aromatic carbocycles. The van der Waals surface area contributed by atoms with Gasteiger partial charge in [0.25, 0.3) is 5.91 Å². The number of anilines is 1. The molecule has 3 heterocycles.